The summed E-state index contributed by atoms with van der Waals surface area (Å²) < 4.78 is 0. The number of carbonyl (C=O) groups excluding carboxylic acids is 1. The molecule has 0 amide bonds. The molecule has 0 saturated heterocycles. The summed E-state index contributed by atoms with van der Waals surface area (Å²) in [5.74, 6) is -0.420. The van der Waals surface area contributed by atoms with Gasteiger partial charge < -0.3 is 0 Å². The van der Waals surface area contributed by atoms with Crippen molar-refractivity contribution in [3.8, 4) is 23.4 Å². The van der Waals surface area contributed by atoms with Gasteiger partial charge in [0, 0.05) is 17.4 Å². The van der Waals surface area contributed by atoms with Crippen LogP contribution in [0.15, 0.2) is 29.6 Å². The summed E-state index contributed by atoms with van der Waals surface area (Å²) in [6.45, 7) is 4.11. The van der Waals surface area contributed by atoms with Gasteiger partial charge in [-0.15, -0.1) is 11.3 Å². The molecule has 0 radical (unpaired) electrons. The van der Waals surface area contributed by atoms with Gasteiger partial charge in [-0.25, -0.2) is 4.98 Å². The summed E-state index contributed by atoms with van der Waals surface area (Å²) in [6.07, 6.45) is 1.19. The van der Waals surface area contributed by atoms with Crippen LogP contribution in [0.1, 0.15) is 43.2 Å². The molecule has 23 heavy (non-hydrogen) atoms. The second kappa shape index (κ2) is 7.67. The Bertz CT molecular complexity index is 763. The maximum absolute atomic E-state index is 12.2. The number of aromatic nitrogens is 1. The van der Waals surface area contributed by atoms with Gasteiger partial charge in [-0.05, 0) is 24.5 Å². The molecule has 0 aliphatic heterocycles. The average Bonchev–Trinajstić information content (AvgIpc) is 3.03. The fraction of sp³-hybridized carbons (Fsp3) is 0.333. The fourth-order valence-electron chi connectivity index (χ4n) is 2.11. The average molecular weight is 323 g/mol. The van der Waals surface area contributed by atoms with Crippen LogP contribution in [0, 0.1) is 28.6 Å². The van der Waals surface area contributed by atoms with E-state index in [-0.39, 0.29) is 5.78 Å². The minimum absolute atomic E-state index is 0.0677. The minimum Gasteiger partial charge on any atom is -0.298 e. The molecule has 4 nitrogen and oxygen atoms in total. The standard InChI is InChI=1S/C18H17N3OS/c1-12(2)3-8-17(22)15(10-20)18-21-16(11-23-18)14-6-4-13(9-19)5-7-14/h4-7,11-12,15H,3,8H2,1-2H3. The van der Waals surface area contributed by atoms with Crippen LogP contribution in [0.4, 0.5) is 0 Å². The van der Waals surface area contributed by atoms with Gasteiger partial charge in [0.15, 0.2) is 11.7 Å². The predicted molar refractivity (Wildman–Crippen MR) is 89.7 cm³/mol. The van der Waals surface area contributed by atoms with Crippen molar-refractivity contribution in [1.29, 1.82) is 10.5 Å². The van der Waals surface area contributed by atoms with Crippen molar-refractivity contribution in [2.24, 2.45) is 5.92 Å². The van der Waals surface area contributed by atoms with E-state index in [0.717, 1.165) is 17.7 Å². The molecule has 2 aromatic rings. The van der Waals surface area contributed by atoms with Crippen molar-refractivity contribution in [3.05, 3.63) is 40.2 Å². The highest BCUT2D eigenvalue weighted by Gasteiger charge is 2.23. The van der Waals surface area contributed by atoms with Crippen LogP contribution in [0.5, 0.6) is 0 Å². The molecule has 1 aromatic heterocycles. The number of ketones is 1. The van der Waals surface area contributed by atoms with E-state index in [0.29, 0.717) is 22.9 Å². The Morgan fingerprint density at radius 2 is 1.96 bits per heavy atom. The SMILES string of the molecule is CC(C)CCC(=O)C(C#N)c1nc(-c2ccc(C#N)cc2)cs1. The molecule has 0 bridgehead atoms. The topological polar surface area (TPSA) is 77.5 Å². The molecular weight excluding hydrogens is 306 g/mol. The number of nitriles is 2. The Morgan fingerprint density at radius 1 is 1.26 bits per heavy atom. The smallest absolute Gasteiger partial charge is 0.156 e. The molecule has 1 heterocycles. The van der Waals surface area contributed by atoms with Gasteiger partial charge in [0.25, 0.3) is 0 Å². The molecule has 116 valence electrons. The summed E-state index contributed by atoms with van der Waals surface area (Å²) >= 11 is 1.33. The third kappa shape index (κ3) is 4.25. The lowest BCUT2D eigenvalue weighted by Crippen LogP contribution is -2.11. The minimum atomic E-state index is -0.786. The number of nitrogens with zero attached hydrogens (tertiary/aromatic N) is 3. The Kier molecular flexibility index (Phi) is 5.62. The van der Waals surface area contributed by atoms with E-state index >= 15 is 0 Å². The monoisotopic (exact) mass is 323 g/mol. The molecule has 0 fully saturated rings. The van der Waals surface area contributed by atoms with E-state index < -0.39 is 5.92 Å². The first kappa shape index (κ1) is 16.9. The first-order valence-electron chi connectivity index (χ1n) is 7.43. The quantitative estimate of drug-likeness (QED) is 0.794. The van der Waals surface area contributed by atoms with E-state index in [1.807, 2.05) is 17.5 Å². The highest BCUT2D eigenvalue weighted by atomic mass is 32.1. The number of rotatable bonds is 6. The zero-order valence-corrected chi connectivity index (χ0v) is 13.9. The second-order valence-electron chi connectivity index (χ2n) is 5.72. The van der Waals surface area contributed by atoms with Gasteiger partial charge in [-0.3, -0.25) is 4.79 Å². The number of benzene rings is 1. The summed E-state index contributed by atoms with van der Waals surface area (Å²) in [7, 11) is 0. The number of hydrogen-bond donors (Lipinski definition) is 0. The third-order valence-electron chi connectivity index (χ3n) is 3.50. The molecule has 1 unspecified atom stereocenters. The molecule has 1 atom stereocenters. The molecular formula is C18H17N3OS. The Balaban J connectivity index is 2.17. The molecule has 2 rings (SSSR count). The zero-order chi connectivity index (χ0) is 16.8. The van der Waals surface area contributed by atoms with Crippen LogP contribution in [-0.2, 0) is 4.79 Å². The molecule has 5 heteroatoms. The van der Waals surface area contributed by atoms with Gasteiger partial charge in [-0.2, -0.15) is 10.5 Å². The maximum Gasteiger partial charge on any atom is 0.156 e. The van der Waals surface area contributed by atoms with Crippen LogP contribution in [-0.4, -0.2) is 10.8 Å². The maximum atomic E-state index is 12.2. The van der Waals surface area contributed by atoms with Crippen molar-refractivity contribution in [1.82, 2.24) is 4.98 Å². The predicted octanol–water partition coefficient (Wildman–Crippen LogP) is 4.29. The second-order valence-corrected chi connectivity index (χ2v) is 6.61. The first-order chi connectivity index (χ1) is 11.0. The first-order valence-corrected chi connectivity index (χ1v) is 8.31. The Morgan fingerprint density at radius 3 is 2.52 bits per heavy atom. The van der Waals surface area contributed by atoms with Crippen molar-refractivity contribution in [3.63, 3.8) is 0 Å². The van der Waals surface area contributed by atoms with Crippen molar-refractivity contribution in [2.75, 3.05) is 0 Å². The van der Waals surface area contributed by atoms with Crippen molar-refractivity contribution in [2.45, 2.75) is 32.6 Å². The van der Waals surface area contributed by atoms with Crippen LogP contribution in [0.2, 0.25) is 0 Å². The fourth-order valence-corrected chi connectivity index (χ4v) is 3.00. The third-order valence-corrected chi connectivity index (χ3v) is 4.41. The molecule has 0 N–H and O–H groups in total. The summed E-state index contributed by atoms with van der Waals surface area (Å²) in [4.78, 5) is 16.7. The van der Waals surface area contributed by atoms with Crippen molar-refractivity contribution < 1.29 is 4.79 Å². The van der Waals surface area contributed by atoms with E-state index in [4.69, 9.17) is 5.26 Å². The van der Waals surface area contributed by atoms with Crippen LogP contribution in [0.3, 0.4) is 0 Å². The molecule has 0 aliphatic carbocycles. The van der Waals surface area contributed by atoms with Gasteiger partial charge in [-0.1, -0.05) is 26.0 Å². The largest absolute Gasteiger partial charge is 0.298 e. The van der Waals surface area contributed by atoms with Crippen LogP contribution < -0.4 is 0 Å². The lowest BCUT2D eigenvalue weighted by Gasteiger charge is -2.06. The molecule has 0 aliphatic rings. The van der Waals surface area contributed by atoms with Gasteiger partial charge in [0.1, 0.15) is 5.01 Å². The Hall–Kier alpha value is -2.50. The van der Waals surface area contributed by atoms with E-state index in [9.17, 15) is 10.1 Å². The molecule has 0 spiro atoms. The van der Waals surface area contributed by atoms with Crippen molar-refractivity contribution >= 4 is 17.1 Å². The number of Topliss-reactive ketones (excluding diaryl/α,β-unsaturated/α-hetero) is 1. The normalized spacial score (nSPS) is 11.7. The van der Waals surface area contributed by atoms with Crippen LogP contribution >= 0.6 is 11.3 Å². The highest BCUT2D eigenvalue weighted by Crippen LogP contribution is 2.28. The zero-order valence-electron chi connectivity index (χ0n) is 13.1. The van der Waals surface area contributed by atoms with Gasteiger partial charge in [0.05, 0.1) is 23.4 Å². The van der Waals surface area contributed by atoms with E-state index in [2.05, 4.69) is 31.0 Å². The summed E-state index contributed by atoms with van der Waals surface area (Å²) in [5, 5.41) is 20.5. The van der Waals surface area contributed by atoms with E-state index in [1.165, 1.54) is 11.3 Å². The van der Waals surface area contributed by atoms with Gasteiger partial charge >= 0.3 is 0 Å². The number of carbonyl (C=O) groups is 1. The molecule has 0 saturated carbocycles. The lowest BCUT2D eigenvalue weighted by molar-refractivity contribution is -0.119. The molecule has 1 aromatic carbocycles. The van der Waals surface area contributed by atoms with Gasteiger partial charge in [0.2, 0.25) is 0 Å². The summed E-state index contributed by atoms with van der Waals surface area (Å²) in [5.41, 5.74) is 2.19. The number of hydrogen-bond acceptors (Lipinski definition) is 5. The number of thiazole rings is 1. The van der Waals surface area contributed by atoms with E-state index in [1.54, 1.807) is 12.1 Å². The highest BCUT2D eigenvalue weighted by molar-refractivity contribution is 7.10. The Labute approximate surface area is 140 Å². The summed E-state index contributed by atoms with van der Waals surface area (Å²) in [6, 6.07) is 11.2. The lowest BCUT2D eigenvalue weighted by atomic mass is 9.98. The van der Waals surface area contributed by atoms with Crippen LogP contribution in [0.25, 0.3) is 11.3 Å².